The van der Waals surface area contributed by atoms with Gasteiger partial charge in [0.25, 0.3) is 0 Å². The minimum atomic E-state index is -2.89. The summed E-state index contributed by atoms with van der Waals surface area (Å²) in [5.41, 5.74) is 0.849. The molecular weight excluding hydrogens is 324 g/mol. The molecule has 24 heavy (non-hydrogen) atoms. The number of nitrogens with one attached hydrogen (secondary N) is 1. The van der Waals surface area contributed by atoms with Gasteiger partial charge < -0.3 is 9.88 Å². The second kappa shape index (κ2) is 6.70. The van der Waals surface area contributed by atoms with E-state index in [1.54, 1.807) is 13.3 Å². The van der Waals surface area contributed by atoms with E-state index >= 15 is 0 Å². The number of sulfone groups is 1. The number of rotatable bonds is 5. The Morgan fingerprint density at radius 3 is 2.83 bits per heavy atom. The molecule has 3 rings (SSSR count). The first-order valence-electron chi connectivity index (χ1n) is 8.62. The predicted molar refractivity (Wildman–Crippen MR) is 96.9 cm³/mol. The molecule has 1 saturated carbocycles. The van der Waals surface area contributed by atoms with E-state index in [4.69, 9.17) is 0 Å². The van der Waals surface area contributed by atoms with E-state index < -0.39 is 9.84 Å². The summed E-state index contributed by atoms with van der Waals surface area (Å²) in [6.07, 6.45) is 6.38. The van der Waals surface area contributed by atoms with Crippen LogP contribution < -0.4 is 4.90 Å². The molecule has 1 fully saturated rings. The number of fused-ring (bicyclic) bond motifs is 1. The quantitative estimate of drug-likeness (QED) is 0.897. The Bertz CT molecular complexity index is 802. The summed E-state index contributed by atoms with van der Waals surface area (Å²) >= 11 is 0. The van der Waals surface area contributed by atoms with Crippen molar-refractivity contribution >= 4 is 26.7 Å². The molecule has 0 bridgehead atoms. The van der Waals surface area contributed by atoms with Gasteiger partial charge >= 0.3 is 0 Å². The third kappa shape index (κ3) is 3.41. The van der Waals surface area contributed by atoms with Crippen molar-refractivity contribution in [3.63, 3.8) is 0 Å². The zero-order valence-electron chi connectivity index (χ0n) is 14.6. The van der Waals surface area contributed by atoms with Gasteiger partial charge in [-0.15, -0.1) is 0 Å². The molecule has 132 valence electrons. The van der Waals surface area contributed by atoms with Crippen molar-refractivity contribution in [1.82, 2.24) is 15.0 Å². The van der Waals surface area contributed by atoms with Crippen LogP contribution in [0.15, 0.2) is 18.6 Å². The Kier molecular flexibility index (Phi) is 4.80. The fourth-order valence-corrected chi connectivity index (χ4v) is 5.25. The third-order valence-corrected chi connectivity index (χ3v) is 7.19. The number of hydrogen-bond donors (Lipinski definition) is 1. The van der Waals surface area contributed by atoms with Gasteiger partial charge in [-0.3, -0.25) is 0 Å². The Hall–Kier alpha value is -1.63. The molecular formula is C17H26N4O2S. The number of H-pyrrole nitrogens is 1. The summed E-state index contributed by atoms with van der Waals surface area (Å²) in [4.78, 5) is 14.1. The molecule has 1 N–H and O–H groups in total. The van der Waals surface area contributed by atoms with Crippen LogP contribution in [0.1, 0.15) is 33.1 Å². The van der Waals surface area contributed by atoms with Crippen molar-refractivity contribution in [3.05, 3.63) is 18.6 Å². The van der Waals surface area contributed by atoms with Crippen molar-refractivity contribution in [3.8, 4) is 0 Å². The molecule has 2 aromatic rings. The summed E-state index contributed by atoms with van der Waals surface area (Å²) in [6, 6.07) is 2.38. The number of nitrogens with zero attached hydrogens (tertiary/aromatic N) is 3. The molecule has 0 radical (unpaired) electrons. The molecule has 1 aliphatic rings. The molecule has 1 unspecified atom stereocenters. The van der Waals surface area contributed by atoms with Crippen LogP contribution in [0, 0.1) is 11.8 Å². The fourth-order valence-electron chi connectivity index (χ4n) is 3.99. The van der Waals surface area contributed by atoms with Crippen molar-refractivity contribution in [2.24, 2.45) is 11.8 Å². The van der Waals surface area contributed by atoms with Gasteiger partial charge in [0.2, 0.25) is 0 Å². The molecule has 2 heterocycles. The lowest BCUT2D eigenvalue weighted by Crippen LogP contribution is -2.42. The Balaban J connectivity index is 1.73. The predicted octanol–water partition coefficient (Wildman–Crippen LogP) is 2.63. The van der Waals surface area contributed by atoms with E-state index in [1.165, 1.54) is 0 Å². The fraction of sp³-hybridized carbons (Fsp3) is 0.647. The Morgan fingerprint density at radius 2 is 2.12 bits per heavy atom. The average molecular weight is 350 g/mol. The van der Waals surface area contributed by atoms with Crippen LogP contribution in [0.5, 0.6) is 0 Å². The molecule has 6 nitrogen and oxygen atoms in total. The summed E-state index contributed by atoms with van der Waals surface area (Å²) < 4.78 is 23.8. The summed E-state index contributed by atoms with van der Waals surface area (Å²) in [5.74, 6) is 2.24. The molecule has 7 heteroatoms. The maximum atomic E-state index is 11.9. The number of aromatic nitrogens is 3. The molecule has 3 atom stereocenters. The van der Waals surface area contributed by atoms with Crippen molar-refractivity contribution in [2.75, 3.05) is 23.5 Å². The maximum absolute atomic E-state index is 11.9. The van der Waals surface area contributed by atoms with Gasteiger partial charge in [0.15, 0.2) is 0 Å². The van der Waals surface area contributed by atoms with Gasteiger partial charge in [-0.25, -0.2) is 18.4 Å². The van der Waals surface area contributed by atoms with Crippen molar-refractivity contribution in [1.29, 1.82) is 0 Å². The van der Waals surface area contributed by atoms with E-state index in [0.717, 1.165) is 36.1 Å². The van der Waals surface area contributed by atoms with Gasteiger partial charge in [0.1, 0.15) is 27.6 Å². The number of aromatic amines is 1. The highest BCUT2D eigenvalue weighted by molar-refractivity contribution is 7.91. The largest absolute Gasteiger partial charge is 0.356 e. The Labute approximate surface area is 143 Å². The molecule has 0 aliphatic heterocycles. The molecule has 2 aromatic heterocycles. The lowest BCUT2D eigenvalue weighted by molar-refractivity contribution is 0.258. The maximum Gasteiger partial charge on any atom is 0.150 e. The van der Waals surface area contributed by atoms with E-state index in [0.29, 0.717) is 17.7 Å². The molecule has 0 saturated heterocycles. The van der Waals surface area contributed by atoms with Crippen molar-refractivity contribution < 1.29 is 8.42 Å². The van der Waals surface area contributed by atoms with E-state index in [-0.39, 0.29) is 11.7 Å². The standard InChI is InChI=1S/C17H26N4O2S/c1-4-24(22,23)10-13-5-6-15(12(2)9-13)21(3)17-14-7-8-18-16(14)19-11-20-17/h7-8,11-13,15H,4-6,9-10H2,1-3H3,(H,18,19,20)/t12-,13+,15?/m0/s1. The van der Waals surface area contributed by atoms with Crippen molar-refractivity contribution in [2.45, 2.75) is 39.2 Å². The lowest BCUT2D eigenvalue weighted by Gasteiger charge is -2.40. The summed E-state index contributed by atoms with van der Waals surface area (Å²) in [7, 11) is -0.810. The van der Waals surface area contributed by atoms with Gasteiger partial charge in [0.05, 0.1) is 11.1 Å². The van der Waals surface area contributed by atoms with Crippen LogP contribution in [-0.4, -0.2) is 48.0 Å². The smallest absolute Gasteiger partial charge is 0.150 e. The first-order chi connectivity index (χ1) is 11.4. The van der Waals surface area contributed by atoms with Crippen LogP contribution in [0.3, 0.4) is 0 Å². The highest BCUT2D eigenvalue weighted by Crippen LogP contribution is 2.35. The lowest BCUT2D eigenvalue weighted by atomic mass is 9.79. The molecule has 1 aliphatic carbocycles. The van der Waals surface area contributed by atoms with Crippen LogP contribution in [0.2, 0.25) is 0 Å². The van der Waals surface area contributed by atoms with E-state index in [2.05, 4.69) is 33.8 Å². The summed E-state index contributed by atoms with van der Waals surface area (Å²) in [5, 5.41) is 1.03. The third-order valence-electron chi connectivity index (χ3n) is 5.33. The molecule has 0 spiro atoms. The SMILES string of the molecule is CCS(=O)(=O)C[C@@H]1CCC(N(C)c2ncnc3[nH]ccc23)[C@@H](C)C1. The second-order valence-corrected chi connectivity index (χ2v) is 9.37. The Morgan fingerprint density at radius 1 is 1.33 bits per heavy atom. The number of anilines is 1. The van der Waals surface area contributed by atoms with Crippen LogP contribution in [0.25, 0.3) is 11.0 Å². The summed E-state index contributed by atoms with van der Waals surface area (Å²) in [6.45, 7) is 3.96. The minimum Gasteiger partial charge on any atom is -0.356 e. The van der Waals surface area contributed by atoms with Crippen LogP contribution in [-0.2, 0) is 9.84 Å². The van der Waals surface area contributed by atoms with Crippen LogP contribution in [0.4, 0.5) is 5.82 Å². The van der Waals surface area contributed by atoms with E-state index in [9.17, 15) is 8.42 Å². The van der Waals surface area contributed by atoms with Gasteiger partial charge in [-0.05, 0) is 37.2 Å². The van der Waals surface area contributed by atoms with E-state index in [1.807, 2.05) is 12.3 Å². The normalized spacial score (nSPS) is 25.0. The topological polar surface area (TPSA) is 79.0 Å². The monoisotopic (exact) mass is 350 g/mol. The van der Waals surface area contributed by atoms with Gasteiger partial charge in [0, 0.05) is 25.0 Å². The van der Waals surface area contributed by atoms with Gasteiger partial charge in [-0.2, -0.15) is 0 Å². The zero-order valence-corrected chi connectivity index (χ0v) is 15.4. The first-order valence-corrected chi connectivity index (χ1v) is 10.4. The zero-order chi connectivity index (χ0) is 17.3. The second-order valence-electron chi connectivity index (χ2n) is 6.97. The molecule has 0 aromatic carbocycles. The average Bonchev–Trinajstić information content (AvgIpc) is 3.02. The highest BCUT2D eigenvalue weighted by Gasteiger charge is 2.33. The highest BCUT2D eigenvalue weighted by atomic mass is 32.2. The number of hydrogen-bond acceptors (Lipinski definition) is 5. The van der Waals surface area contributed by atoms with Gasteiger partial charge in [-0.1, -0.05) is 13.8 Å². The van der Waals surface area contributed by atoms with Crippen LogP contribution >= 0.6 is 0 Å². The molecule has 0 amide bonds. The first kappa shape index (κ1) is 17.2. The minimum absolute atomic E-state index is 0.244.